The van der Waals surface area contributed by atoms with Crippen LogP contribution < -0.4 is 5.32 Å². The predicted molar refractivity (Wildman–Crippen MR) is 111 cm³/mol. The van der Waals surface area contributed by atoms with Gasteiger partial charge < -0.3 is 15.1 Å². The lowest BCUT2D eigenvalue weighted by molar-refractivity contribution is -0.140. The molecular formula is C19H25Cl2N5O2. The van der Waals surface area contributed by atoms with Gasteiger partial charge in [-0.25, -0.2) is 0 Å². The summed E-state index contributed by atoms with van der Waals surface area (Å²) in [6, 6.07) is 6.95. The lowest BCUT2D eigenvalue weighted by Crippen LogP contribution is -2.53. The van der Waals surface area contributed by atoms with Crippen LogP contribution in [0.3, 0.4) is 0 Å². The van der Waals surface area contributed by atoms with Gasteiger partial charge in [-0.3, -0.25) is 14.3 Å². The largest absolute Gasteiger partial charge is 0.339 e. The van der Waals surface area contributed by atoms with E-state index >= 15 is 0 Å². The average Bonchev–Trinajstić information content (AvgIpc) is 3.10. The smallest absolute Gasteiger partial charge is 0.244 e. The summed E-state index contributed by atoms with van der Waals surface area (Å²) in [6.07, 6.45) is 3.81. The monoisotopic (exact) mass is 425 g/mol. The number of nitrogens with zero attached hydrogens (tertiary/aromatic N) is 4. The van der Waals surface area contributed by atoms with E-state index in [0.717, 1.165) is 11.1 Å². The van der Waals surface area contributed by atoms with E-state index < -0.39 is 6.04 Å². The summed E-state index contributed by atoms with van der Waals surface area (Å²) in [5.41, 5.74) is 1.66. The first-order valence-corrected chi connectivity index (χ1v) is 9.33. The molecule has 1 atom stereocenters. The highest BCUT2D eigenvalue weighted by atomic mass is 35.5. The lowest BCUT2D eigenvalue weighted by Gasteiger charge is -2.36. The second-order valence-electron chi connectivity index (χ2n) is 6.64. The molecule has 1 aromatic carbocycles. The van der Waals surface area contributed by atoms with Crippen molar-refractivity contribution in [1.29, 1.82) is 0 Å². The van der Waals surface area contributed by atoms with Gasteiger partial charge in [-0.05, 0) is 18.7 Å². The maximum absolute atomic E-state index is 12.9. The van der Waals surface area contributed by atoms with Crippen molar-refractivity contribution in [2.75, 3.05) is 33.2 Å². The molecule has 1 aromatic heterocycles. The van der Waals surface area contributed by atoms with E-state index in [9.17, 15) is 9.59 Å². The molecule has 2 aromatic rings. The zero-order valence-corrected chi connectivity index (χ0v) is 17.5. The van der Waals surface area contributed by atoms with Gasteiger partial charge in [-0.15, -0.1) is 12.4 Å². The van der Waals surface area contributed by atoms with Crippen molar-refractivity contribution in [3.05, 3.63) is 52.8 Å². The molecule has 0 bridgehead atoms. The van der Waals surface area contributed by atoms with Crippen molar-refractivity contribution in [2.24, 2.45) is 7.05 Å². The van der Waals surface area contributed by atoms with Crippen molar-refractivity contribution >= 4 is 35.8 Å². The summed E-state index contributed by atoms with van der Waals surface area (Å²) in [6.45, 7) is 2.09. The number of likely N-dealkylation sites (N-methyl/N-ethyl adjacent to an activating group) is 1. The van der Waals surface area contributed by atoms with E-state index in [0.29, 0.717) is 31.2 Å². The number of nitrogens with one attached hydrogen (secondary N) is 1. The highest BCUT2D eigenvalue weighted by molar-refractivity contribution is 6.31. The van der Waals surface area contributed by atoms with Crippen LogP contribution in [0, 0.1) is 0 Å². The van der Waals surface area contributed by atoms with Gasteiger partial charge in [0.25, 0.3) is 0 Å². The fraction of sp³-hybridized carbons (Fsp3) is 0.421. The Morgan fingerprint density at radius 2 is 1.82 bits per heavy atom. The molecule has 28 heavy (non-hydrogen) atoms. The third-order valence-corrected chi connectivity index (χ3v) is 5.21. The summed E-state index contributed by atoms with van der Waals surface area (Å²) in [4.78, 5) is 29.0. The highest BCUT2D eigenvalue weighted by Crippen LogP contribution is 2.18. The number of halogens is 2. The molecule has 2 heterocycles. The van der Waals surface area contributed by atoms with E-state index in [1.54, 1.807) is 33.8 Å². The van der Waals surface area contributed by atoms with Crippen LogP contribution in [-0.2, 0) is 23.1 Å². The normalized spacial score (nSPS) is 15.1. The number of carbonyl (C=O) groups is 2. The fourth-order valence-corrected chi connectivity index (χ4v) is 3.50. The van der Waals surface area contributed by atoms with Crippen molar-refractivity contribution in [3.8, 4) is 0 Å². The van der Waals surface area contributed by atoms with Crippen LogP contribution in [0.15, 0.2) is 36.7 Å². The minimum Gasteiger partial charge on any atom is -0.339 e. The minimum atomic E-state index is -0.427. The Labute approximate surface area is 176 Å². The van der Waals surface area contributed by atoms with Crippen molar-refractivity contribution in [3.63, 3.8) is 0 Å². The lowest BCUT2D eigenvalue weighted by atomic mass is 10.1. The van der Waals surface area contributed by atoms with Gasteiger partial charge in [0.2, 0.25) is 11.8 Å². The predicted octanol–water partition coefficient (Wildman–Crippen LogP) is 1.67. The molecule has 3 rings (SSSR count). The molecule has 1 N–H and O–H groups in total. The van der Waals surface area contributed by atoms with Crippen molar-refractivity contribution < 1.29 is 9.59 Å². The molecule has 7 nitrogen and oxygen atoms in total. The minimum absolute atomic E-state index is 0. The molecule has 1 fully saturated rings. The maximum Gasteiger partial charge on any atom is 0.244 e. The van der Waals surface area contributed by atoms with Gasteiger partial charge in [-0.1, -0.05) is 29.8 Å². The van der Waals surface area contributed by atoms with Crippen LogP contribution in [0.1, 0.15) is 17.2 Å². The maximum atomic E-state index is 12.9. The van der Waals surface area contributed by atoms with Gasteiger partial charge in [0, 0.05) is 50.0 Å². The molecule has 0 spiro atoms. The Kier molecular flexibility index (Phi) is 7.86. The molecule has 1 saturated heterocycles. The Morgan fingerprint density at radius 1 is 1.18 bits per heavy atom. The van der Waals surface area contributed by atoms with Gasteiger partial charge in [0.1, 0.15) is 6.04 Å². The summed E-state index contributed by atoms with van der Waals surface area (Å²) < 4.78 is 1.68. The van der Waals surface area contributed by atoms with E-state index in [2.05, 4.69) is 10.4 Å². The zero-order chi connectivity index (χ0) is 19.4. The third-order valence-electron chi connectivity index (χ3n) is 4.84. The van der Waals surface area contributed by atoms with Crippen LogP contribution in [0.5, 0.6) is 0 Å². The summed E-state index contributed by atoms with van der Waals surface area (Å²) in [7, 11) is 3.59. The molecule has 0 aliphatic carbocycles. The zero-order valence-electron chi connectivity index (χ0n) is 16.0. The number of rotatable bonds is 5. The topological polar surface area (TPSA) is 70.5 Å². The fourth-order valence-electron chi connectivity index (χ4n) is 3.30. The molecule has 2 amide bonds. The number of hydrogen-bond acceptors (Lipinski definition) is 4. The number of benzene rings is 1. The Morgan fingerprint density at radius 3 is 2.39 bits per heavy atom. The summed E-state index contributed by atoms with van der Waals surface area (Å²) in [5, 5.41) is 7.80. The van der Waals surface area contributed by atoms with Gasteiger partial charge >= 0.3 is 0 Å². The number of hydrogen-bond donors (Lipinski definition) is 1. The third kappa shape index (κ3) is 5.04. The number of carbonyl (C=O) groups excluding carboxylic acids is 2. The highest BCUT2D eigenvalue weighted by Gasteiger charge is 2.29. The Bertz CT molecular complexity index is 818. The Balaban J connectivity index is 0.00000280. The van der Waals surface area contributed by atoms with Crippen molar-refractivity contribution in [1.82, 2.24) is 24.9 Å². The second-order valence-corrected chi connectivity index (χ2v) is 7.05. The first-order valence-electron chi connectivity index (χ1n) is 8.95. The van der Waals surface area contributed by atoms with Gasteiger partial charge in [0.15, 0.2) is 0 Å². The van der Waals surface area contributed by atoms with Gasteiger partial charge in [0.05, 0.1) is 12.6 Å². The average molecular weight is 426 g/mol. The first-order chi connectivity index (χ1) is 13.0. The molecular weight excluding hydrogens is 401 g/mol. The number of aromatic nitrogens is 2. The van der Waals surface area contributed by atoms with E-state index in [1.807, 2.05) is 31.4 Å². The molecule has 1 unspecified atom stereocenters. The molecule has 0 saturated carbocycles. The Hall–Kier alpha value is -2.09. The number of aryl methyl sites for hydroxylation is 1. The summed E-state index contributed by atoms with van der Waals surface area (Å²) >= 11 is 6.15. The molecule has 0 radical (unpaired) electrons. The SMILES string of the molecule is CNC(C(=O)N1CCN(C(=O)Cc2ccccc2Cl)CC1)c1cnn(C)c1.Cl. The number of amides is 2. The van der Waals surface area contributed by atoms with E-state index in [1.165, 1.54) is 0 Å². The standard InChI is InChI=1S/C19H24ClN5O2.ClH/c1-21-18(15-12-22-23(2)13-15)19(27)25-9-7-24(8-10-25)17(26)11-14-5-3-4-6-16(14)20;/h3-6,12-13,18,21H,7-11H2,1-2H3;1H. The first kappa shape index (κ1) is 22.2. The molecule has 9 heteroatoms. The summed E-state index contributed by atoms with van der Waals surface area (Å²) in [5.74, 6) is 0.0383. The van der Waals surface area contributed by atoms with E-state index in [4.69, 9.17) is 11.6 Å². The van der Waals surface area contributed by atoms with Crippen LogP contribution in [0.4, 0.5) is 0 Å². The molecule has 1 aliphatic rings. The van der Waals surface area contributed by atoms with Gasteiger partial charge in [-0.2, -0.15) is 5.10 Å². The van der Waals surface area contributed by atoms with Crippen molar-refractivity contribution in [2.45, 2.75) is 12.5 Å². The quantitative estimate of drug-likeness (QED) is 0.790. The van der Waals surface area contributed by atoms with Crippen LogP contribution in [-0.4, -0.2) is 64.6 Å². The second kappa shape index (κ2) is 9.91. The number of piperazine rings is 1. The van der Waals surface area contributed by atoms with E-state index in [-0.39, 0.29) is 30.6 Å². The van der Waals surface area contributed by atoms with Crippen LogP contribution in [0.2, 0.25) is 5.02 Å². The molecule has 152 valence electrons. The molecule has 1 aliphatic heterocycles. The van der Waals surface area contributed by atoms with Crippen LogP contribution >= 0.6 is 24.0 Å². The van der Waals surface area contributed by atoms with Crippen LogP contribution in [0.25, 0.3) is 0 Å².